The molecular weight excluding hydrogens is 468 g/mol. The minimum absolute atomic E-state index is 0.0118. The number of thioether (sulfide) groups is 1. The first kappa shape index (κ1) is 22.8. The predicted octanol–water partition coefficient (Wildman–Crippen LogP) is 6.93. The third-order valence-electron chi connectivity index (χ3n) is 5.67. The van der Waals surface area contributed by atoms with Crippen LogP contribution in [0.2, 0.25) is 0 Å². The summed E-state index contributed by atoms with van der Waals surface area (Å²) in [6.07, 6.45) is 1.65. The summed E-state index contributed by atoms with van der Waals surface area (Å²) in [6, 6.07) is 23.3. The largest absolute Gasteiger partial charge is 0.488 e. The van der Waals surface area contributed by atoms with E-state index in [4.69, 9.17) is 4.74 Å². The van der Waals surface area contributed by atoms with E-state index in [9.17, 15) is 18.4 Å². The molecule has 0 atom stereocenters. The molecule has 4 aromatic carbocycles. The molecule has 7 heteroatoms. The molecule has 174 valence electrons. The first-order valence-corrected chi connectivity index (χ1v) is 11.7. The van der Waals surface area contributed by atoms with Crippen LogP contribution >= 0.6 is 11.8 Å². The maximum Gasteiger partial charge on any atom is 0.293 e. The number of benzene rings is 4. The van der Waals surface area contributed by atoms with Gasteiger partial charge in [-0.15, -0.1) is 0 Å². The van der Waals surface area contributed by atoms with Crippen molar-refractivity contribution in [1.29, 1.82) is 0 Å². The molecule has 0 radical (unpaired) electrons. The van der Waals surface area contributed by atoms with Crippen LogP contribution in [0.15, 0.2) is 89.8 Å². The lowest BCUT2D eigenvalue weighted by atomic mass is 10.0. The van der Waals surface area contributed by atoms with Crippen molar-refractivity contribution in [2.24, 2.45) is 0 Å². The summed E-state index contributed by atoms with van der Waals surface area (Å²) in [5.74, 6) is -0.715. The van der Waals surface area contributed by atoms with Crippen molar-refractivity contribution in [3.05, 3.63) is 118 Å². The molecule has 1 fully saturated rings. The van der Waals surface area contributed by atoms with Crippen LogP contribution in [0.5, 0.6) is 5.75 Å². The maximum absolute atomic E-state index is 14.1. The van der Waals surface area contributed by atoms with Crippen molar-refractivity contribution in [3.63, 3.8) is 0 Å². The molecule has 0 aromatic heterocycles. The van der Waals surface area contributed by atoms with E-state index >= 15 is 0 Å². The van der Waals surface area contributed by atoms with E-state index in [1.165, 1.54) is 18.2 Å². The Morgan fingerprint density at radius 2 is 1.60 bits per heavy atom. The van der Waals surface area contributed by atoms with Crippen molar-refractivity contribution >= 4 is 39.8 Å². The summed E-state index contributed by atoms with van der Waals surface area (Å²) >= 11 is 0.842. The molecule has 1 saturated heterocycles. The van der Waals surface area contributed by atoms with Crippen LogP contribution in [0.3, 0.4) is 0 Å². The monoisotopic (exact) mass is 487 g/mol. The van der Waals surface area contributed by atoms with Crippen molar-refractivity contribution < 1.29 is 23.1 Å². The molecule has 2 amide bonds. The zero-order chi connectivity index (χ0) is 24.4. The molecule has 4 aromatic rings. The zero-order valence-corrected chi connectivity index (χ0v) is 19.2. The normalized spacial score (nSPS) is 14.8. The summed E-state index contributed by atoms with van der Waals surface area (Å²) < 4.78 is 33.3. The SMILES string of the molecule is O=C1S/C(=C\c2c(OCc3ccccc3F)ccc3ccccc23)C(=O)N1Cc1ccc(F)cc1. The van der Waals surface area contributed by atoms with Gasteiger partial charge in [-0.3, -0.25) is 14.5 Å². The van der Waals surface area contributed by atoms with Crippen LogP contribution in [0.25, 0.3) is 16.8 Å². The van der Waals surface area contributed by atoms with Gasteiger partial charge in [0.05, 0.1) is 11.4 Å². The van der Waals surface area contributed by atoms with Crippen molar-refractivity contribution in [1.82, 2.24) is 4.90 Å². The molecule has 0 saturated carbocycles. The highest BCUT2D eigenvalue weighted by Gasteiger charge is 2.35. The summed E-state index contributed by atoms with van der Waals surface area (Å²) in [5.41, 5.74) is 1.69. The smallest absolute Gasteiger partial charge is 0.293 e. The minimum Gasteiger partial charge on any atom is -0.488 e. The zero-order valence-electron chi connectivity index (χ0n) is 18.4. The molecule has 0 spiro atoms. The summed E-state index contributed by atoms with van der Waals surface area (Å²) in [6.45, 7) is 0.0619. The summed E-state index contributed by atoms with van der Waals surface area (Å²) in [7, 11) is 0. The minimum atomic E-state index is -0.433. The maximum atomic E-state index is 14.1. The van der Waals surface area contributed by atoms with Gasteiger partial charge < -0.3 is 4.74 Å². The van der Waals surface area contributed by atoms with Crippen molar-refractivity contribution in [2.75, 3.05) is 0 Å². The van der Waals surface area contributed by atoms with Gasteiger partial charge in [0, 0.05) is 11.1 Å². The van der Waals surface area contributed by atoms with Gasteiger partial charge >= 0.3 is 0 Å². The molecule has 5 rings (SSSR count). The van der Waals surface area contributed by atoms with Crippen LogP contribution in [0.1, 0.15) is 16.7 Å². The van der Waals surface area contributed by atoms with E-state index in [1.54, 1.807) is 42.5 Å². The predicted molar refractivity (Wildman–Crippen MR) is 133 cm³/mol. The lowest BCUT2D eigenvalue weighted by molar-refractivity contribution is -0.123. The van der Waals surface area contributed by atoms with E-state index in [-0.39, 0.29) is 29.7 Å². The number of halogens is 2. The van der Waals surface area contributed by atoms with Gasteiger partial charge in [-0.2, -0.15) is 0 Å². The fourth-order valence-electron chi connectivity index (χ4n) is 3.86. The van der Waals surface area contributed by atoms with Crippen LogP contribution in [0.4, 0.5) is 13.6 Å². The highest BCUT2D eigenvalue weighted by Crippen LogP contribution is 2.37. The molecular formula is C28H19F2NO3S. The number of ether oxygens (including phenoxy) is 1. The second-order valence-corrected chi connectivity index (χ2v) is 8.97. The van der Waals surface area contributed by atoms with Crippen LogP contribution < -0.4 is 4.74 Å². The van der Waals surface area contributed by atoms with E-state index < -0.39 is 11.1 Å². The van der Waals surface area contributed by atoms with E-state index in [0.29, 0.717) is 22.4 Å². The van der Waals surface area contributed by atoms with Crippen LogP contribution in [0, 0.1) is 11.6 Å². The molecule has 0 N–H and O–H groups in total. The summed E-state index contributed by atoms with van der Waals surface area (Å²) in [4.78, 5) is 27.1. The number of fused-ring (bicyclic) bond motifs is 1. The molecule has 1 aliphatic rings. The highest BCUT2D eigenvalue weighted by atomic mass is 32.2. The van der Waals surface area contributed by atoms with Crippen LogP contribution in [-0.2, 0) is 17.9 Å². The van der Waals surface area contributed by atoms with Gasteiger partial charge in [0.2, 0.25) is 0 Å². The Labute approximate surface area is 204 Å². The Kier molecular flexibility index (Phi) is 6.33. The molecule has 4 nitrogen and oxygen atoms in total. The Morgan fingerprint density at radius 3 is 2.40 bits per heavy atom. The molecule has 0 bridgehead atoms. The number of amides is 2. The van der Waals surface area contributed by atoms with Crippen molar-refractivity contribution in [3.8, 4) is 5.75 Å². The first-order chi connectivity index (χ1) is 17.0. The van der Waals surface area contributed by atoms with E-state index in [0.717, 1.165) is 27.4 Å². The molecule has 1 heterocycles. The first-order valence-electron chi connectivity index (χ1n) is 10.9. The number of carbonyl (C=O) groups is 2. The quantitative estimate of drug-likeness (QED) is 0.277. The third kappa shape index (κ3) is 4.81. The van der Waals surface area contributed by atoms with Gasteiger partial charge in [-0.1, -0.05) is 60.7 Å². The number of hydrogen-bond donors (Lipinski definition) is 0. The fraction of sp³-hybridized carbons (Fsp3) is 0.0714. The topological polar surface area (TPSA) is 46.6 Å². The Morgan fingerprint density at radius 1 is 0.857 bits per heavy atom. The number of hydrogen-bond acceptors (Lipinski definition) is 4. The van der Waals surface area contributed by atoms with Gasteiger partial charge in [0.15, 0.2) is 0 Å². The van der Waals surface area contributed by atoms with Gasteiger partial charge in [0.1, 0.15) is 24.0 Å². The Bertz CT molecular complexity index is 1470. The fourth-order valence-corrected chi connectivity index (χ4v) is 4.68. The lowest BCUT2D eigenvalue weighted by Crippen LogP contribution is -2.27. The number of imide groups is 1. The third-order valence-corrected chi connectivity index (χ3v) is 6.58. The average molecular weight is 488 g/mol. The van der Waals surface area contributed by atoms with Gasteiger partial charge in [-0.05, 0) is 58.4 Å². The summed E-state index contributed by atoms with van der Waals surface area (Å²) in [5, 5.41) is 1.37. The van der Waals surface area contributed by atoms with E-state index in [1.807, 2.05) is 30.3 Å². The number of nitrogens with zero attached hydrogens (tertiary/aromatic N) is 1. The Hall–Kier alpha value is -3.97. The molecule has 35 heavy (non-hydrogen) atoms. The average Bonchev–Trinajstić information content (AvgIpc) is 3.13. The number of rotatable bonds is 6. The lowest BCUT2D eigenvalue weighted by Gasteiger charge is -2.14. The van der Waals surface area contributed by atoms with Gasteiger partial charge in [0.25, 0.3) is 11.1 Å². The molecule has 0 unspecified atom stereocenters. The van der Waals surface area contributed by atoms with E-state index in [2.05, 4.69) is 0 Å². The second-order valence-electron chi connectivity index (χ2n) is 7.97. The van der Waals surface area contributed by atoms with Crippen molar-refractivity contribution in [2.45, 2.75) is 13.2 Å². The van der Waals surface area contributed by atoms with Crippen LogP contribution in [-0.4, -0.2) is 16.0 Å². The molecule has 1 aliphatic heterocycles. The standard InChI is InChI=1S/C28H19F2NO3S/c29-21-12-9-18(10-13-21)16-31-27(32)26(35-28(31)33)15-23-22-7-3-1-5-19(22)11-14-25(23)34-17-20-6-2-4-8-24(20)30/h1-15H,16-17H2/b26-15-. The molecule has 0 aliphatic carbocycles. The van der Waals surface area contributed by atoms with Gasteiger partial charge in [-0.25, -0.2) is 8.78 Å². The second kappa shape index (κ2) is 9.72. The highest BCUT2D eigenvalue weighted by molar-refractivity contribution is 8.18. The number of carbonyl (C=O) groups excluding carboxylic acids is 2. The Balaban J connectivity index is 1.48.